The van der Waals surface area contributed by atoms with Crippen LogP contribution < -0.4 is 9.47 Å². The molecule has 0 aliphatic carbocycles. The molecule has 81 valence electrons. The SMILES string of the molecule is COc1cccc(Oc2c[c]cc(F)c2)c1. The summed E-state index contributed by atoms with van der Waals surface area (Å²) in [6, 6.07) is 13.9. The Balaban J connectivity index is 2.20. The Bertz CT molecular complexity index is 483. The monoisotopic (exact) mass is 217 g/mol. The lowest BCUT2D eigenvalue weighted by Crippen LogP contribution is -1.87. The number of ether oxygens (including phenoxy) is 2. The highest BCUT2D eigenvalue weighted by Gasteiger charge is 2.00. The first-order valence-electron chi connectivity index (χ1n) is 4.76. The van der Waals surface area contributed by atoms with E-state index in [1.807, 2.05) is 6.07 Å². The average molecular weight is 217 g/mol. The summed E-state index contributed by atoms with van der Waals surface area (Å²) in [5.74, 6) is 1.32. The molecule has 0 spiro atoms. The molecule has 0 aromatic heterocycles. The van der Waals surface area contributed by atoms with E-state index in [0.29, 0.717) is 17.2 Å². The van der Waals surface area contributed by atoms with Crippen molar-refractivity contribution >= 4 is 0 Å². The molecule has 0 saturated carbocycles. The number of hydrogen-bond donors (Lipinski definition) is 0. The third-order valence-electron chi connectivity index (χ3n) is 2.00. The Hall–Kier alpha value is -2.03. The zero-order valence-corrected chi connectivity index (χ0v) is 8.74. The molecule has 0 amide bonds. The van der Waals surface area contributed by atoms with Gasteiger partial charge in [-0.1, -0.05) is 6.07 Å². The van der Waals surface area contributed by atoms with Crippen LogP contribution in [-0.4, -0.2) is 7.11 Å². The summed E-state index contributed by atoms with van der Waals surface area (Å²) in [5.41, 5.74) is 0. The predicted octanol–water partition coefficient (Wildman–Crippen LogP) is 3.43. The number of halogens is 1. The zero-order chi connectivity index (χ0) is 11.4. The van der Waals surface area contributed by atoms with Gasteiger partial charge < -0.3 is 9.47 Å². The van der Waals surface area contributed by atoms with E-state index < -0.39 is 0 Å². The standard InChI is InChI=1S/C13H10FO2/c1-15-11-5-3-7-13(9-11)16-12-6-2-4-10(14)8-12/h3-9H,1H3. The lowest BCUT2D eigenvalue weighted by atomic mass is 10.3. The van der Waals surface area contributed by atoms with E-state index in [-0.39, 0.29) is 5.82 Å². The van der Waals surface area contributed by atoms with Gasteiger partial charge in [0.25, 0.3) is 0 Å². The van der Waals surface area contributed by atoms with Crippen molar-refractivity contribution in [1.82, 2.24) is 0 Å². The van der Waals surface area contributed by atoms with Gasteiger partial charge in [0.05, 0.1) is 7.11 Å². The molecule has 2 rings (SSSR count). The number of benzene rings is 2. The fraction of sp³-hybridized carbons (Fsp3) is 0.0769. The Labute approximate surface area is 93.2 Å². The summed E-state index contributed by atoms with van der Waals surface area (Å²) in [6.07, 6.45) is 0. The van der Waals surface area contributed by atoms with Gasteiger partial charge in [0.2, 0.25) is 0 Å². The smallest absolute Gasteiger partial charge is 0.131 e. The molecule has 0 fully saturated rings. The van der Waals surface area contributed by atoms with Crippen LogP contribution in [0.15, 0.2) is 42.5 Å². The lowest BCUT2D eigenvalue weighted by molar-refractivity contribution is 0.409. The maximum atomic E-state index is 12.9. The van der Waals surface area contributed by atoms with Crippen LogP contribution in [0.25, 0.3) is 0 Å². The maximum Gasteiger partial charge on any atom is 0.131 e. The van der Waals surface area contributed by atoms with E-state index in [1.54, 1.807) is 31.4 Å². The third kappa shape index (κ3) is 2.51. The Morgan fingerprint density at radius 2 is 1.88 bits per heavy atom. The molecule has 3 heteroatoms. The second-order valence-corrected chi connectivity index (χ2v) is 3.17. The highest BCUT2D eigenvalue weighted by Crippen LogP contribution is 2.25. The number of hydrogen-bond acceptors (Lipinski definition) is 2. The maximum absolute atomic E-state index is 12.9. The topological polar surface area (TPSA) is 18.5 Å². The van der Waals surface area contributed by atoms with E-state index >= 15 is 0 Å². The summed E-state index contributed by atoms with van der Waals surface area (Å²) in [7, 11) is 1.58. The summed E-state index contributed by atoms with van der Waals surface area (Å²) >= 11 is 0. The van der Waals surface area contributed by atoms with Gasteiger partial charge in [-0.15, -0.1) is 0 Å². The average Bonchev–Trinajstić information content (AvgIpc) is 2.29. The van der Waals surface area contributed by atoms with Crippen molar-refractivity contribution in [1.29, 1.82) is 0 Å². The van der Waals surface area contributed by atoms with Crippen LogP contribution in [-0.2, 0) is 0 Å². The first kappa shape index (κ1) is 10.5. The van der Waals surface area contributed by atoms with Crippen molar-refractivity contribution in [3.8, 4) is 17.2 Å². The second kappa shape index (κ2) is 4.66. The predicted molar refractivity (Wildman–Crippen MR) is 58.3 cm³/mol. The fourth-order valence-corrected chi connectivity index (χ4v) is 1.28. The fourth-order valence-electron chi connectivity index (χ4n) is 1.28. The van der Waals surface area contributed by atoms with Crippen LogP contribution in [0, 0.1) is 11.9 Å². The minimum Gasteiger partial charge on any atom is -0.497 e. The van der Waals surface area contributed by atoms with E-state index in [0.717, 1.165) is 0 Å². The third-order valence-corrected chi connectivity index (χ3v) is 2.00. The number of methoxy groups -OCH3 is 1. The molecule has 0 aliphatic heterocycles. The zero-order valence-electron chi connectivity index (χ0n) is 8.74. The van der Waals surface area contributed by atoms with E-state index in [9.17, 15) is 4.39 Å². The van der Waals surface area contributed by atoms with Gasteiger partial charge in [-0.05, 0) is 30.3 Å². The normalized spacial score (nSPS) is 9.88. The van der Waals surface area contributed by atoms with Crippen LogP contribution >= 0.6 is 0 Å². The first-order valence-corrected chi connectivity index (χ1v) is 4.76. The largest absolute Gasteiger partial charge is 0.497 e. The molecule has 1 radical (unpaired) electrons. The molecular weight excluding hydrogens is 207 g/mol. The van der Waals surface area contributed by atoms with Crippen LogP contribution in [0.3, 0.4) is 0 Å². The van der Waals surface area contributed by atoms with Crippen LogP contribution in [0.1, 0.15) is 0 Å². The summed E-state index contributed by atoms with van der Waals surface area (Å²) in [4.78, 5) is 0. The minimum absolute atomic E-state index is 0.375. The molecule has 0 atom stereocenters. The van der Waals surface area contributed by atoms with Crippen LogP contribution in [0.5, 0.6) is 17.2 Å². The van der Waals surface area contributed by atoms with E-state index in [1.165, 1.54) is 12.1 Å². The van der Waals surface area contributed by atoms with Gasteiger partial charge in [0.15, 0.2) is 0 Å². The first-order chi connectivity index (χ1) is 7.78. The number of rotatable bonds is 3. The van der Waals surface area contributed by atoms with Crippen molar-refractivity contribution in [3.05, 3.63) is 54.3 Å². The van der Waals surface area contributed by atoms with Gasteiger partial charge in [0.1, 0.15) is 23.1 Å². The van der Waals surface area contributed by atoms with Gasteiger partial charge in [0, 0.05) is 12.1 Å². The molecule has 0 bridgehead atoms. The quantitative estimate of drug-likeness (QED) is 0.784. The second-order valence-electron chi connectivity index (χ2n) is 3.17. The minimum atomic E-state index is -0.375. The molecule has 2 aromatic carbocycles. The lowest BCUT2D eigenvalue weighted by Gasteiger charge is -2.06. The summed E-state index contributed by atoms with van der Waals surface area (Å²) in [5, 5.41) is 0. The Morgan fingerprint density at radius 1 is 1.06 bits per heavy atom. The molecule has 0 aliphatic rings. The summed E-state index contributed by atoms with van der Waals surface area (Å²) in [6.45, 7) is 0. The van der Waals surface area contributed by atoms with Crippen LogP contribution in [0.2, 0.25) is 0 Å². The van der Waals surface area contributed by atoms with Gasteiger partial charge in [-0.3, -0.25) is 0 Å². The molecule has 0 N–H and O–H groups in total. The van der Waals surface area contributed by atoms with Crippen LogP contribution in [0.4, 0.5) is 4.39 Å². The van der Waals surface area contributed by atoms with E-state index in [4.69, 9.17) is 9.47 Å². The summed E-state index contributed by atoms with van der Waals surface area (Å²) < 4.78 is 23.4. The molecule has 2 aromatic rings. The molecule has 0 saturated heterocycles. The van der Waals surface area contributed by atoms with Crippen molar-refractivity contribution in [2.24, 2.45) is 0 Å². The van der Waals surface area contributed by atoms with Crippen molar-refractivity contribution in [3.63, 3.8) is 0 Å². The van der Waals surface area contributed by atoms with E-state index in [2.05, 4.69) is 6.07 Å². The highest BCUT2D eigenvalue weighted by atomic mass is 19.1. The van der Waals surface area contributed by atoms with Gasteiger partial charge in [-0.25, -0.2) is 4.39 Å². The highest BCUT2D eigenvalue weighted by molar-refractivity contribution is 5.36. The Morgan fingerprint density at radius 3 is 2.62 bits per heavy atom. The molecule has 2 nitrogen and oxygen atoms in total. The van der Waals surface area contributed by atoms with Crippen molar-refractivity contribution in [2.75, 3.05) is 7.11 Å². The molecule has 0 heterocycles. The molecular formula is C13H10FO2. The molecule has 16 heavy (non-hydrogen) atoms. The van der Waals surface area contributed by atoms with Crippen molar-refractivity contribution in [2.45, 2.75) is 0 Å². The Kier molecular flexibility index (Phi) is 3.05. The van der Waals surface area contributed by atoms with Gasteiger partial charge in [-0.2, -0.15) is 0 Å². The van der Waals surface area contributed by atoms with Gasteiger partial charge >= 0.3 is 0 Å². The molecule has 0 unspecified atom stereocenters. The van der Waals surface area contributed by atoms with Crippen molar-refractivity contribution < 1.29 is 13.9 Å².